The van der Waals surface area contributed by atoms with E-state index in [2.05, 4.69) is 20.1 Å². The van der Waals surface area contributed by atoms with E-state index in [0.29, 0.717) is 73.4 Å². The first-order valence-electron chi connectivity index (χ1n) is 15.9. The molecule has 0 spiro atoms. The Kier molecular flexibility index (Phi) is 9.11. The lowest BCUT2D eigenvalue weighted by atomic mass is 9.82. The van der Waals surface area contributed by atoms with Crippen LogP contribution in [0.3, 0.4) is 0 Å². The second kappa shape index (κ2) is 13.0. The van der Waals surface area contributed by atoms with Gasteiger partial charge in [0.1, 0.15) is 11.6 Å². The van der Waals surface area contributed by atoms with Gasteiger partial charge in [-0.1, -0.05) is 18.6 Å². The molecule has 3 heterocycles. The number of aromatic nitrogens is 4. The number of morpholine rings is 1. The Morgan fingerprint density at radius 3 is 2.40 bits per heavy atom. The second-order valence-corrected chi connectivity index (χ2v) is 13.2. The van der Waals surface area contributed by atoms with Gasteiger partial charge in [-0.25, -0.2) is 13.8 Å². The summed E-state index contributed by atoms with van der Waals surface area (Å²) in [6.45, 7) is 8.87. The lowest BCUT2D eigenvalue weighted by Gasteiger charge is -2.42. The minimum Gasteiger partial charge on any atom is -0.389 e. The van der Waals surface area contributed by atoms with E-state index in [1.165, 1.54) is 23.8 Å². The predicted molar refractivity (Wildman–Crippen MR) is 164 cm³/mol. The van der Waals surface area contributed by atoms with Gasteiger partial charge in [0.05, 0.1) is 29.8 Å². The number of hydrogen-bond donors (Lipinski definition) is 2. The Hall–Kier alpha value is -2.89. The van der Waals surface area contributed by atoms with Gasteiger partial charge < -0.3 is 20.1 Å². The molecule has 0 unspecified atom stereocenters. The quantitative estimate of drug-likeness (QED) is 0.302. The maximum Gasteiger partial charge on any atom is 0.296 e. The third kappa shape index (κ3) is 7.26. The summed E-state index contributed by atoms with van der Waals surface area (Å²) in [7, 11) is 0. The van der Waals surface area contributed by atoms with Crippen molar-refractivity contribution in [1.82, 2.24) is 24.4 Å². The summed E-state index contributed by atoms with van der Waals surface area (Å²) in [5, 5.41) is 14.0. The van der Waals surface area contributed by atoms with Crippen LogP contribution in [0.2, 0.25) is 0 Å². The first kappa shape index (κ1) is 30.1. The highest BCUT2D eigenvalue weighted by Gasteiger charge is 2.32. The summed E-state index contributed by atoms with van der Waals surface area (Å²) in [6.07, 6.45) is 5.57. The molecule has 2 aromatic heterocycles. The smallest absolute Gasteiger partial charge is 0.296 e. The van der Waals surface area contributed by atoms with Crippen LogP contribution in [0.25, 0.3) is 16.9 Å². The molecule has 0 radical (unpaired) electrons. The van der Waals surface area contributed by atoms with E-state index < -0.39 is 12.0 Å². The normalized spacial score (nSPS) is 22.0. The van der Waals surface area contributed by atoms with Crippen LogP contribution < -0.4 is 10.2 Å². The second-order valence-electron chi connectivity index (χ2n) is 13.2. The van der Waals surface area contributed by atoms with Crippen molar-refractivity contribution in [3.05, 3.63) is 36.2 Å². The highest BCUT2D eigenvalue weighted by Crippen LogP contribution is 2.34. The molecule has 3 aliphatic rings. The molecule has 9 nitrogen and oxygen atoms in total. The number of nitrogens with one attached hydrogen (secondary N) is 1. The van der Waals surface area contributed by atoms with E-state index in [1.54, 1.807) is 24.3 Å². The standard InChI is InChI=1S/C32H45F2N7O2/c1-32(2,42)21-40(20-23-6-5-7-23)24-12-10-22(11-13-24)19-35-31-37-27(39-14-16-43-17-15-39)18-28(38-31)41-26-9-4-3-8-25(26)36-30(41)29(33)34/h3-4,8-9,18,22-24,29,42H,5-7,10-17,19-21H2,1-2H3,(H,35,37,38)/t22-,24-. The Balaban J connectivity index is 1.18. The fourth-order valence-electron chi connectivity index (χ4n) is 6.80. The van der Waals surface area contributed by atoms with Gasteiger partial charge in [0.2, 0.25) is 5.95 Å². The topological polar surface area (TPSA) is 91.6 Å². The Morgan fingerprint density at radius 2 is 1.72 bits per heavy atom. The summed E-state index contributed by atoms with van der Waals surface area (Å²) < 4.78 is 35.4. The molecule has 2 N–H and O–H groups in total. The van der Waals surface area contributed by atoms with Gasteiger partial charge in [0.25, 0.3) is 6.43 Å². The van der Waals surface area contributed by atoms with E-state index in [4.69, 9.17) is 14.7 Å². The molecule has 2 aliphatic carbocycles. The molecule has 1 aromatic carbocycles. The van der Waals surface area contributed by atoms with Crippen molar-refractivity contribution in [2.45, 2.75) is 76.9 Å². The highest BCUT2D eigenvalue weighted by molar-refractivity contribution is 5.78. The number of benzene rings is 1. The number of ether oxygens (including phenoxy) is 1. The number of alkyl halides is 2. The van der Waals surface area contributed by atoms with Gasteiger partial charge in [-0.3, -0.25) is 9.47 Å². The fourth-order valence-corrected chi connectivity index (χ4v) is 6.80. The van der Waals surface area contributed by atoms with Gasteiger partial charge in [0, 0.05) is 44.8 Å². The molecule has 0 atom stereocenters. The van der Waals surface area contributed by atoms with Crippen LogP contribution in [0.15, 0.2) is 30.3 Å². The lowest BCUT2D eigenvalue weighted by Crippen LogP contribution is -2.48. The number of rotatable bonds is 11. The van der Waals surface area contributed by atoms with Crippen molar-refractivity contribution in [1.29, 1.82) is 0 Å². The van der Waals surface area contributed by atoms with Gasteiger partial charge in [0.15, 0.2) is 5.82 Å². The van der Waals surface area contributed by atoms with Crippen LogP contribution in [-0.4, -0.2) is 87.1 Å². The molecule has 0 amide bonds. The van der Waals surface area contributed by atoms with Crippen molar-refractivity contribution < 1.29 is 18.6 Å². The van der Waals surface area contributed by atoms with Crippen molar-refractivity contribution >= 4 is 22.8 Å². The van der Waals surface area contributed by atoms with E-state index >= 15 is 0 Å². The predicted octanol–water partition coefficient (Wildman–Crippen LogP) is 5.43. The largest absolute Gasteiger partial charge is 0.389 e. The monoisotopic (exact) mass is 597 g/mol. The SMILES string of the molecule is CC(C)(O)CN(CC1CCC1)[C@H]1CC[C@H](CNc2nc(N3CCOCC3)cc(-n3c(C(F)F)nc4ccccc43)n2)CC1. The molecule has 0 bridgehead atoms. The number of fused-ring (bicyclic) bond motifs is 1. The van der Waals surface area contributed by atoms with Crippen LogP contribution in [0.5, 0.6) is 0 Å². The van der Waals surface area contributed by atoms with Gasteiger partial charge in [-0.05, 0) is 76.3 Å². The number of para-hydroxylation sites is 2. The van der Waals surface area contributed by atoms with Crippen molar-refractivity contribution in [2.24, 2.45) is 11.8 Å². The summed E-state index contributed by atoms with van der Waals surface area (Å²) in [5.74, 6) is 2.42. The summed E-state index contributed by atoms with van der Waals surface area (Å²) in [6, 6.07) is 9.44. The zero-order valence-corrected chi connectivity index (χ0v) is 25.4. The fraction of sp³-hybridized carbons (Fsp3) is 0.656. The summed E-state index contributed by atoms with van der Waals surface area (Å²) in [4.78, 5) is 18.5. The van der Waals surface area contributed by atoms with Gasteiger partial charge >= 0.3 is 0 Å². The molecule has 11 heteroatoms. The molecule has 6 rings (SSSR count). The summed E-state index contributed by atoms with van der Waals surface area (Å²) >= 11 is 0. The highest BCUT2D eigenvalue weighted by atomic mass is 19.3. The number of hydrogen-bond acceptors (Lipinski definition) is 8. The van der Waals surface area contributed by atoms with Gasteiger partial charge in [-0.2, -0.15) is 9.97 Å². The Morgan fingerprint density at radius 1 is 1.00 bits per heavy atom. The number of nitrogens with zero attached hydrogens (tertiary/aromatic N) is 6. The minimum atomic E-state index is -2.75. The minimum absolute atomic E-state index is 0.324. The number of halogens is 2. The number of imidazole rings is 1. The van der Waals surface area contributed by atoms with Crippen LogP contribution in [0, 0.1) is 11.8 Å². The third-order valence-corrected chi connectivity index (χ3v) is 9.23. The number of anilines is 2. The first-order chi connectivity index (χ1) is 20.7. The summed E-state index contributed by atoms with van der Waals surface area (Å²) in [5.41, 5.74) is 0.394. The maximum atomic E-state index is 14.2. The number of aliphatic hydroxyl groups is 1. The molecular weight excluding hydrogens is 552 g/mol. The van der Waals surface area contributed by atoms with Gasteiger partial charge in [-0.15, -0.1) is 0 Å². The maximum absolute atomic E-state index is 14.2. The van der Waals surface area contributed by atoms with Crippen LogP contribution in [0.4, 0.5) is 20.5 Å². The molecule has 1 saturated heterocycles. The molecular formula is C32H45F2N7O2. The van der Waals surface area contributed by atoms with E-state index in [0.717, 1.165) is 44.7 Å². The Bertz CT molecular complexity index is 1360. The molecule has 3 aromatic rings. The average molecular weight is 598 g/mol. The molecule has 3 fully saturated rings. The van der Waals surface area contributed by atoms with Crippen molar-refractivity contribution in [3.8, 4) is 5.82 Å². The van der Waals surface area contributed by atoms with Crippen molar-refractivity contribution in [3.63, 3.8) is 0 Å². The van der Waals surface area contributed by atoms with Crippen molar-refractivity contribution in [2.75, 3.05) is 56.2 Å². The Labute approximate surface area is 252 Å². The zero-order valence-electron chi connectivity index (χ0n) is 25.4. The first-order valence-corrected chi connectivity index (χ1v) is 15.9. The molecule has 43 heavy (non-hydrogen) atoms. The van der Waals surface area contributed by atoms with E-state index in [9.17, 15) is 13.9 Å². The molecule has 1 aliphatic heterocycles. The van der Waals surface area contributed by atoms with Crippen LogP contribution >= 0.6 is 0 Å². The zero-order chi connectivity index (χ0) is 30.0. The van der Waals surface area contributed by atoms with Crippen LogP contribution in [0.1, 0.15) is 71.0 Å². The van der Waals surface area contributed by atoms with E-state index in [-0.39, 0.29) is 5.82 Å². The average Bonchev–Trinajstić information content (AvgIpc) is 3.38. The third-order valence-electron chi connectivity index (χ3n) is 9.23. The van der Waals surface area contributed by atoms with Crippen LogP contribution in [-0.2, 0) is 4.74 Å². The van der Waals surface area contributed by atoms with E-state index in [1.807, 2.05) is 19.9 Å². The lowest BCUT2D eigenvalue weighted by molar-refractivity contribution is -0.00122. The molecule has 234 valence electrons. The molecule has 2 saturated carbocycles.